The van der Waals surface area contributed by atoms with Crippen molar-refractivity contribution in [3.05, 3.63) is 29.3 Å². The lowest BCUT2D eigenvalue weighted by molar-refractivity contribution is -0.144. The van der Waals surface area contributed by atoms with Crippen LogP contribution in [-0.4, -0.2) is 79.2 Å². The number of aryl methyl sites for hydroxylation is 2. The minimum absolute atomic E-state index is 0.0629. The molecule has 0 radical (unpaired) electrons. The number of para-hydroxylation sites is 1. The molecule has 194 valence electrons. The summed E-state index contributed by atoms with van der Waals surface area (Å²) in [5.41, 5.74) is 2.33. The zero-order valence-electron chi connectivity index (χ0n) is 21.1. The Morgan fingerprint density at radius 2 is 2.06 bits per heavy atom. The van der Waals surface area contributed by atoms with Gasteiger partial charge in [-0.25, -0.2) is 0 Å². The van der Waals surface area contributed by atoms with Crippen LogP contribution in [0.5, 0.6) is 5.75 Å². The molecule has 3 rings (SSSR count). The van der Waals surface area contributed by atoms with Gasteiger partial charge in [0.05, 0.1) is 12.1 Å². The van der Waals surface area contributed by atoms with Crippen LogP contribution >= 0.6 is 0 Å². The van der Waals surface area contributed by atoms with Gasteiger partial charge in [-0.15, -0.1) is 0 Å². The van der Waals surface area contributed by atoms with Gasteiger partial charge in [-0.1, -0.05) is 18.2 Å². The van der Waals surface area contributed by atoms with Crippen LogP contribution in [0.2, 0.25) is 0 Å². The van der Waals surface area contributed by atoms with Gasteiger partial charge in [0.1, 0.15) is 17.9 Å². The van der Waals surface area contributed by atoms with E-state index in [1.54, 1.807) is 7.05 Å². The van der Waals surface area contributed by atoms with Gasteiger partial charge in [0.2, 0.25) is 18.2 Å². The van der Waals surface area contributed by atoms with Gasteiger partial charge in [0, 0.05) is 26.7 Å². The van der Waals surface area contributed by atoms with Crippen LogP contribution in [0.1, 0.15) is 50.7 Å². The lowest BCUT2D eigenvalue weighted by atomic mass is 9.97. The largest absolute Gasteiger partial charge is 0.489 e. The average molecular weight is 489 g/mol. The standard InChI is InChI=1S/C26H40N4O5/c1-4-28-25(33)23(17(2)32)30(3)26(34)22(18-10-11-18)29-15-21-13-12-20-8-5-7-19(24(20)35-21)9-6-14-27-16-31/h5,7-8,16-18,21-23,29,32H,4,6,9-15H2,1-3H3,(H,27,31)(H,28,33). The first kappa shape index (κ1) is 26.9. The normalized spacial score (nSPS) is 19.5. The van der Waals surface area contributed by atoms with Crippen molar-refractivity contribution in [2.24, 2.45) is 5.92 Å². The summed E-state index contributed by atoms with van der Waals surface area (Å²) in [5, 5.41) is 19.0. The SMILES string of the molecule is CCNC(=O)C(C(C)O)N(C)C(=O)C(NCC1CCc2cccc(CCCNC=O)c2O1)C1CC1. The summed E-state index contributed by atoms with van der Waals surface area (Å²) >= 11 is 0. The molecule has 0 aromatic heterocycles. The first-order valence-electron chi connectivity index (χ1n) is 12.8. The predicted molar refractivity (Wildman–Crippen MR) is 133 cm³/mol. The predicted octanol–water partition coefficient (Wildman–Crippen LogP) is 0.771. The summed E-state index contributed by atoms with van der Waals surface area (Å²) in [5.74, 6) is 0.624. The number of fused-ring (bicyclic) bond motifs is 1. The number of hydrogen-bond acceptors (Lipinski definition) is 6. The Bertz CT molecular complexity index is 873. The Labute approximate surface area is 208 Å². The molecule has 4 atom stereocenters. The summed E-state index contributed by atoms with van der Waals surface area (Å²) in [6, 6.07) is 4.87. The van der Waals surface area contributed by atoms with Crippen LogP contribution in [0.4, 0.5) is 0 Å². The fourth-order valence-electron chi connectivity index (χ4n) is 4.81. The molecule has 9 heteroatoms. The molecule has 0 spiro atoms. The maximum atomic E-state index is 13.4. The Kier molecular flexibility index (Phi) is 9.92. The highest BCUT2D eigenvalue weighted by atomic mass is 16.5. The van der Waals surface area contributed by atoms with E-state index < -0.39 is 18.2 Å². The molecule has 0 saturated heterocycles. The number of amides is 3. The first-order valence-corrected chi connectivity index (χ1v) is 12.8. The molecule has 4 N–H and O–H groups in total. The maximum absolute atomic E-state index is 13.4. The molecule has 4 unspecified atom stereocenters. The van der Waals surface area contributed by atoms with E-state index in [1.165, 1.54) is 17.4 Å². The second kappa shape index (κ2) is 12.9. The van der Waals surface area contributed by atoms with Gasteiger partial charge >= 0.3 is 0 Å². The minimum Gasteiger partial charge on any atom is -0.489 e. The molecule has 35 heavy (non-hydrogen) atoms. The van der Waals surface area contributed by atoms with Crippen molar-refractivity contribution < 1.29 is 24.2 Å². The Balaban J connectivity index is 1.62. The highest BCUT2D eigenvalue weighted by Gasteiger charge is 2.41. The molecule has 9 nitrogen and oxygen atoms in total. The summed E-state index contributed by atoms with van der Waals surface area (Å²) in [7, 11) is 1.59. The van der Waals surface area contributed by atoms with Gasteiger partial charge in [-0.3, -0.25) is 14.4 Å². The van der Waals surface area contributed by atoms with E-state index in [1.807, 2.05) is 13.0 Å². The van der Waals surface area contributed by atoms with Gasteiger partial charge in [-0.2, -0.15) is 0 Å². The Morgan fingerprint density at radius 3 is 2.71 bits per heavy atom. The number of carbonyl (C=O) groups excluding carboxylic acids is 3. The number of nitrogens with zero attached hydrogens (tertiary/aromatic N) is 1. The van der Waals surface area contributed by atoms with E-state index in [0.717, 1.165) is 49.8 Å². The minimum atomic E-state index is -0.978. The maximum Gasteiger partial charge on any atom is 0.245 e. The van der Waals surface area contributed by atoms with Gasteiger partial charge in [-0.05, 0) is 69.4 Å². The third-order valence-corrected chi connectivity index (χ3v) is 6.82. The summed E-state index contributed by atoms with van der Waals surface area (Å²) in [6.45, 7) is 4.93. The molecule has 1 saturated carbocycles. The second-order valence-electron chi connectivity index (χ2n) is 9.61. The lowest BCUT2D eigenvalue weighted by Crippen LogP contribution is -2.58. The van der Waals surface area contributed by atoms with Crippen LogP contribution in [0.25, 0.3) is 0 Å². The van der Waals surface area contributed by atoms with Crippen molar-refractivity contribution in [2.75, 3.05) is 26.7 Å². The van der Waals surface area contributed by atoms with Gasteiger partial charge in [0.15, 0.2) is 0 Å². The second-order valence-corrected chi connectivity index (χ2v) is 9.61. The van der Waals surface area contributed by atoms with Gasteiger partial charge < -0.3 is 30.7 Å². The molecule has 2 aliphatic rings. The molecule has 0 bridgehead atoms. The third-order valence-electron chi connectivity index (χ3n) is 6.82. The number of benzene rings is 1. The summed E-state index contributed by atoms with van der Waals surface area (Å²) in [6.07, 6.45) is 5.02. The number of ether oxygens (including phenoxy) is 1. The van der Waals surface area contributed by atoms with E-state index in [0.29, 0.717) is 26.0 Å². The number of hydrogen-bond donors (Lipinski definition) is 4. The van der Waals surface area contributed by atoms with Crippen LogP contribution in [0.3, 0.4) is 0 Å². The molecular formula is C26H40N4O5. The number of carbonyl (C=O) groups is 3. The zero-order valence-corrected chi connectivity index (χ0v) is 21.1. The monoisotopic (exact) mass is 488 g/mol. The van der Waals surface area contributed by atoms with Crippen molar-refractivity contribution in [3.63, 3.8) is 0 Å². The summed E-state index contributed by atoms with van der Waals surface area (Å²) < 4.78 is 6.39. The molecule has 1 aromatic carbocycles. The molecule has 1 aromatic rings. The molecule has 1 aliphatic heterocycles. The highest BCUT2D eigenvalue weighted by molar-refractivity contribution is 5.90. The number of aliphatic hydroxyl groups excluding tert-OH is 1. The summed E-state index contributed by atoms with van der Waals surface area (Å²) in [4.78, 5) is 37.7. The van der Waals surface area contributed by atoms with Crippen molar-refractivity contribution in [1.29, 1.82) is 0 Å². The van der Waals surface area contributed by atoms with Crippen molar-refractivity contribution in [1.82, 2.24) is 20.9 Å². The van der Waals surface area contributed by atoms with Gasteiger partial charge in [0.25, 0.3) is 0 Å². The number of aliphatic hydroxyl groups is 1. The first-order chi connectivity index (χ1) is 16.9. The quantitative estimate of drug-likeness (QED) is 0.227. The Morgan fingerprint density at radius 1 is 1.29 bits per heavy atom. The van der Waals surface area contributed by atoms with Crippen molar-refractivity contribution >= 4 is 18.2 Å². The van der Waals surface area contributed by atoms with Crippen LogP contribution in [-0.2, 0) is 27.2 Å². The Hall–Kier alpha value is -2.65. The molecule has 1 fully saturated rings. The number of likely N-dealkylation sites (N-methyl/N-ethyl adjacent to an activating group) is 2. The van der Waals surface area contributed by atoms with Crippen molar-refractivity contribution in [2.45, 2.75) is 76.7 Å². The number of rotatable bonds is 14. The van der Waals surface area contributed by atoms with E-state index in [4.69, 9.17) is 4.74 Å². The van der Waals surface area contributed by atoms with E-state index >= 15 is 0 Å². The van der Waals surface area contributed by atoms with E-state index in [2.05, 4.69) is 28.1 Å². The van der Waals surface area contributed by atoms with E-state index in [9.17, 15) is 19.5 Å². The fraction of sp³-hybridized carbons (Fsp3) is 0.654. The molecule has 1 aliphatic carbocycles. The lowest BCUT2D eigenvalue weighted by Gasteiger charge is -2.34. The zero-order chi connectivity index (χ0) is 25.4. The van der Waals surface area contributed by atoms with E-state index in [-0.39, 0.29) is 23.8 Å². The molecular weight excluding hydrogens is 448 g/mol. The smallest absolute Gasteiger partial charge is 0.245 e. The number of nitrogens with one attached hydrogen (secondary N) is 3. The molecule has 3 amide bonds. The molecule has 1 heterocycles. The highest BCUT2D eigenvalue weighted by Crippen LogP contribution is 2.35. The topological polar surface area (TPSA) is 120 Å². The third kappa shape index (κ3) is 7.18. The van der Waals surface area contributed by atoms with Crippen LogP contribution in [0.15, 0.2) is 18.2 Å². The van der Waals surface area contributed by atoms with Crippen molar-refractivity contribution in [3.8, 4) is 5.75 Å². The van der Waals surface area contributed by atoms with Crippen LogP contribution < -0.4 is 20.7 Å². The van der Waals surface area contributed by atoms with Crippen LogP contribution in [0, 0.1) is 5.92 Å². The average Bonchev–Trinajstić information content (AvgIpc) is 3.67. The fourth-order valence-corrected chi connectivity index (χ4v) is 4.81.